The maximum atomic E-state index is 7.12. The quantitative estimate of drug-likeness (QED) is 0.152. The van der Waals surface area contributed by atoms with Crippen molar-refractivity contribution < 1.29 is 8.39 Å². The van der Waals surface area contributed by atoms with Gasteiger partial charge in [-0.2, -0.15) is 0 Å². The van der Waals surface area contributed by atoms with Crippen molar-refractivity contribution in [3.8, 4) is 0 Å². The third-order valence-electron chi connectivity index (χ3n) is 9.19. The van der Waals surface area contributed by atoms with Crippen molar-refractivity contribution in [3.63, 3.8) is 0 Å². The maximum absolute atomic E-state index is 7.12. The molecule has 0 aliphatic heterocycles. The lowest BCUT2D eigenvalue weighted by Gasteiger charge is -2.33. The van der Waals surface area contributed by atoms with Gasteiger partial charge in [-0.05, 0) is 83.3 Å². The summed E-state index contributed by atoms with van der Waals surface area (Å²) in [6.07, 6.45) is 0.963. The molecule has 0 bridgehead atoms. The number of para-hydroxylation sites is 1. The van der Waals surface area contributed by atoms with Gasteiger partial charge in [-0.25, -0.2) is 0 Å². The van der Waals surface area contributed by atoms with Gasteiger partial charge in [0.05, 0.1) is 0 Å². The molecular weight excluding hydrogens is 624 g/mol. The fourth-order valence-corrected chi connectivity index (χ4v) is 11.5. The normalized spacial score (nSPS) is 12.9. The molecule has 8 rings (SSSR count). The first kappa shape index (κ1) is 30.5. The summed E-state index contributed by atoms with van der Waals surface area (Å²) in [5, 5.41) is 9.68. The second-order valence-corrected chi connectivity index (χ2v) is 16.3. The highest BCUT2D eigenvalue weighted by molar-refractivity contribution is 7.73. The van der Waals surface area contributed by atoms with Crippen LogP contribution in [0.1, 0.15) is 20.3 Å². The number of hydrogen-bond donors (Lipinski definition) is 0. The second kappa shape index (κ2) is 13.4. The van der Waals surface area contributed by atoms with Crippen LogP contribution >= 0.6 is 16.1 Å². The van der Waals surface area contributed by atoms with Crippen molar-refractivity contribution >= 4 is 75.9 Å². The van der Waals surface area contributed by atoms with Crippen molar-refractivity contribution in [2.24, 2.45) is 0 Å². The molecule has 0 N–H and O–H groups in total. The fourth-order valence-electron chi connectivity index (χ4n) is 7.07. The van der Waals surface area contributed by atoms with E-state index in [0.29, 0.717) is 5.66 Å². The maximum Gasteiger partial charge on any atom is 0.341 e. The molecule has 236 valence electrons. The lowest BCUT2D eigenvalue weighted by molar-refractivity contribution is 0.597. The molecule has 0 radical (unpaired) electrons. The summed E-state index contributed by atoms with van der Waals surface area (Å²) < 4.78 is 16.6. The van der Waals surface area contributed by atoms with Gasteiger partial charge in [-0.15, -0.1) is 0 Å². The molecule has 0 unspecified atom stereocenters. The molecule has 3 nitrogen and oxygen atoms in total. The third-order valence-corrected chi connectivity index (χ3v) is 13.7. The van der Waals surface area contributed by atoms with Crippen LogP contribution in [0.3, 0.4) is 0 Å². The Morgan fingerprint density at radius 2 is 0.958 bits per heavy atom. The Morgan fingerprint density at radius 3 is 1.46 bits per heavy atom. The number of nitrogens with zero attached hydrogens (tertiary/aromatic N) is 1. The van der Waals surface area contributed by atoms with Crippen LogP contribution in [0, 0.1) is 0 Å². The zero-order chi connectivity index (χ0) is 32.5. The average molecular weight is 662 g/mol. The van der Waals surface area contributed by atoms with Gasteiger partial charge in [-0.3, -0.25) is 4.67 Å². The number of rotatable bonds is 8. The van der Waals surface area contributed by atoms with Gasteiger partial charge in [-0.1, -0.05) is 146 Å². The van der Waals surface area contributed by atoms with E-state index in [9.17, 15) is 0 Å². The Bertz CT molecular complexity index is 2240. The molecule has 48 heavy (non-hydrogen) atoms. The summed E-state index contributed by atoms with van der Waals surface area (Å²) in [6, 6.07) is 58.6. The van der Waals surface area contributed by atoms with E-state index in [2.05, 4.69) is 182 Å². The van der Waals surface area contributed by atoms with E-state index < -0.39 is 16.1 Å². The largest absolute Gasteiger partial charge is 0.404 e. The molecule has 1 aromatic heterocycles. The van der Waals surface area contributed by atoms with Crippen LogP contribution < -0.4 is 15.3 Å². The Morgan fingerprint density at radius 1 is 0.521 bits per heavy atom. The summed E-state index contributed by atoms with van der Waals surface area (Å²) >= 11 is 0. The lowest BCUT2D eigenvalue weighted by Crippen LogP contribution is -2.31. The number of anilines is 1. The number of fused-ring (bicyclic) bond motifs is 7. The van der Waals surface area contributed by atoms with Gasteiger partial charge in [0, 0.05) is 22.5 Å². The zero-order valence-electron chi connectivity index (χ0n) is 27.1. The van der Waals surface area contributed by atoms with Gasteiger partial charge >= 0.3 is 8.16 Å². The Hall–Kier alpha value is -4.81. The zero-order valence-corrected chi connectivity index (χ0v) is 28.9. The SMILES string of the molecule is C[C@@H](C[C@H](C)P(c1ccccc1)c1ccccc1)N(c1ccccc1)p1oc2ccc3ccccc3c2c2c(ccc3ccccc32)o1. The van der Waals surface area contributed by atoms with Crippen LogP contribution in [0.25, 0.3) is 43.5 Å². The van der Waals surface area contributed by atoms with Crippen LogP contribution in [0.2, 0.25) is 0 Å². The van der Waals surface area contributed by atoms with Crippen LogP contribution in [-0.4, -0.2) is 11.7 Å². The molecule has 5 heteroatoms. The van der Waals surface area contributed by atoms with Crippen molar-refractivity contribution in [2.75, 3.05) is 4.67 Å². The minimum absolute atomic E-state index is 0.122. The van der Waals surface area contributed by atoms with Crippen molar-refractivity contribution in [3.05, 3.63) is 164 Å². The number of benzene rings is 7. The molecular formula is C43H37NO2P2. The van der Waals surface area contributed by atoms with Gasteiger partial charge in [0.1, 0.15) is 11.2 Å². The van der Waals surface area contributed by atoms with Crippen molar-refractivity contribution in [2.45, 2.75) is 32.0 Å². The molecule has 0 spiro atoms. The van der Waals surface area contributed by atoms with Crippen LogP contribution in [-0.2, 0) is 0 Å². The van der Waals surface area contributed by atoms with Gasteiger partial charge in [0.2, 0.25) is 0 Å². The van der Waals surface area contributed by atoms with E-state index in [0.717, 1.165) is 44.8 Å². The molecule has 0 saturated carbocycles. The van der Waals surface area contributed by atoms with E-state index in [-0.39, 0.29) is 6.04 Å². The highest BCUT2D eigenvalue weighted by atomic mass is 31.1. The van der Waals surface area contributed by atoms with E-state index in [1.807, 2.05) is 0 Å². The van der Waals surface area contributed by atoms with Gasteiger partial charge in [0.15, 0.2) is 0 Å². The van der Waals surface area contributed by atoms with E-state index >= 15 is 0 Å². The highest BCUT2D eigenvalue weighted by Gasteiger charge is 2.28. The Labute approximate surface area is 283 Å². The molecule has 0 amide bonds. The molecule has 0 aliphatic rings. The summed E-state index contributed by atoms with van der Waals surface area (Å²) in [4.78, 5) is 0. The highest BCUT2D eigenvalue weighted by Crippen LogP contribution is 2.48. The molecule has 0 fully saturated rings. The summed E-state index contributed by atoms with van der Waals surface area (Å²) in [7, 11) is -2.17. The van der Waals surface area contributed by atoms with E-state index in [4.69, 9.17) is 8.39 Å². The minimum atomic E-state index is -1.58. The Balaban J connectivity index is 1.32. The van der Waals surface area contributed by atoms with Crippen molar-refractivity contribution in [1.82, 2.24) is 0 Å². The van der Waals surface area contributed by atoms with Gasteiger partial charge in [0.25, 0.3) is 0 Å². The summed E-state index contributed by atoms with van der Waals surface area (Å²) in [6.45, 7) is 4.74. The van der Waals surface area contributed by atoms with Crippen LogP contribution in [0.15, 0.2) is 172 Å². The lowest BCUT2D eigenvalue weighted by atomic mass is 9.99. The molecule has 0 aliphatic carbocycles. The third kappa shape index (κ3) is 5.79. The van der Waals surface area contributed by atoms with Crippen molar-refractivity contribution in [1.29, 1.82) is 0 Å². The predicted molar refractivity (Wildman–Crippen MR) is 208 cm³/mol. The summed E-state index contributed by atoms with van der Waals surface area (Å²) in [5.74, 6) is 0. The fraction of sp³-hybridized carbons (Fsp3) is 0.116. The molecule has 1 heterocycles. The topological polar surface area (TPSA) is 29.5 Å². The molecule has 7 aromatic carbocycles. The van der Waals surface area contributed by atoms with Crippen LogP contribution in [0.4, 0.5) is 5.69 Å². The second-order valence-electron chi connectivity index (χ2n) is 12.4. The van der Waals surface area contributed by atoms with Gasteiger partial charge < -0.3 is 8.39 Å². The van der Waals surface area contributed by atoms with Crippen LogP contribution in [0.5, 0.6) is 0 Å². The first-order valence-electron chi connectivity index (χ1n) is 16.6. The first-order valence-corrected chi connectivity index (χ1v) is 19.1. The smallest absolute Gasteiger partial charge is 0.341 e. The van der Waals surface area contributed by atoms with E-state index in [1.165, 1.54) is 21.4 Å². The van der Waals surface area contributed by atoms with E-state index in [1.54, 1.807) is 0 Å². The summed E-state index contributed by atoms with van der Waals surface area (Å²) in [5.41, 5.74) is 3.21. The Kier molecular flexibility index (Phi) is 8.50. The average Bonchev–Trinajstić information content (AvgIpc) is 3.30. The standard InChI is InChI=1S/C43H37NO2P2/c1-31(30-32(2)47(36-20-8-4-9-21-36)37-22-10-5-11-23-37)44(35-18-6-3-7-19-35)48-45-40-28-26-33-16-12-14-24-38(33)42(40)43-39-25-15-13-17-34(39)27-29-41(43)46-48/h3-29,31-32H,30H2,1-2H3/t31-,32-/m0/s1. The molecule has 2 atom stereocenters. The molecule has 8 aromatic rings. The monoisotopic (exact) mass is 661 g/mol. The first-order chi connectivity index (χ1) is 23.7. The molecule has 0 saturated heterocycles. The number of hydrogen-bond acceptors (Lipinski definition) is 3. The predicted octanol–water partition coefficient (Wildman–Crippen LogP) is 12.2. The minimum Gasteiger partial charge on any atom is -0.404 e.